The van der Waals surface area contributed by atoms with Crippen LogP contribution in [0.5, 0.6) is 0 Å². The van der Waals surface area contributed by atoms with Crippen LogP contribution in [0.1, 0.15) is 30.3 Å². The first-order chi connectivity index (χ1) is 18.7. The van der Waals surface area contributed by atoms with Crippen molar-refractivity contribution in [1.82, 2.24) is 14.7 Å². The molecule has 1 aliphatic carbocycles. The molecular formula is C29H26ClFN4O4. The number of rotatable bonds is 8. The Morgan fingerprint density at radius 2 is 1.74 bits per heavy atom. The van der Waals surface area contributed by atoms with Crippen LogP contribution in [0, 0.1) is 5.82 Å². The van der Waals surface area contributed by atoms with Gasteiger partial charge in [0.1, 0.15) is 18.8 Å². The average Bonchev–Trinajstić information content (AvgIpc) is 3.26. The summed E-state index contributed by atoms with van der Waals surface area (Å²) < 4.78 is 16.8. The maximum atomic E-state index is 15.4. The normalized spacial score (nSPS) is 16.5. The van der Waals surface area contributed by atoms with E-state index in [4.69, 9.17) is 11.6 Å². The molecule has 8 nitrogen and oxygen atoms in total. The Kier molecular flexibility index (Phi) is 7.45. The first-order valence-corrected chi connectivity index (χ1v) is 12.9. The number of benzene rings is 3. The Labute approximate surface area is 229 Å². The number of anilines is 1. The molecule has 1 aromatic heterocycles. The monoisotopic (exact) mass is 548 g/mol. The third-order valence-electron chi connectivity index (χ3n) is 6.88. The lowest BCUT2D eigenvalue weighted by atomic mass is 9.88. The first kappa shape index (κ1) is 26.5. The van der Waals surface area contributed by atoms with Gasteiger partial charge in [0.25, 0.3) is 0 Å². The highest BCUT2D eigenvalue weighted by Gasteiger charge is 2.36. The maximum absolute atomic E-state index is 15.4. The van der Waals surface area contributed by atoms with Gasteiger partial charge in [0, 0.05) is 34.5 Å². The van der Waals surface area contributed by atoms with Crippen LogP contribution in [0.2, 0.25) is 5.02 Å². The van der Waals surface area contributed by atoms with Gasteiger partial charge in [0.15, 0.2) is 11.6 Å². The lowest BCUT2D eigenvalue weighted by Crippen LogP contribution is -2.53. The van der Waals surface area contributed by atoms with Gasteiger partial charge >= 0.3 is 0 Å². The van der Waals surface area contributed by atoms with Crippen LogP contribution in [0.25, 0.3) is 22.0 Å². The van der Waals surface area contributed by atoms with Crippen molar-refractivity contribution < 1.29 is 23.9 Å². The number of halogens is 2. The van der Waals surface area contributed by atoms with Crippen molar-refractivity contribution in [3.8, 4) is 11.1 Å². The van der Waals surface area contributed by atoms with E-state index in [-0.39, 0.29) is 41.9 Å². The highest BCUT2D eigenvalue weighted by Crippen LogP contribution is 2.33. The van der Waals surface area contributed by atoms with Gasteiger partial charge in [0.05, 0.1) is 17.3 Å². The molecule has 0 unspecified atom stereocenters. The van der Waals surface area contributed by atoms with Crippen LogP contribution in [0.3, 0.4) is 0 Å². The number of carbonyl (C=O) groups is 3. The summed E-state index contributed by atoms with van der Waals surface area (Å²) in [6.45, 7) is 0.863. The number of hydrogen-bond acceptors (Lipinski definition) is 5. The Morgan fingerprint density at radius 1 is 1.05 bits per heavy atom. The molecule has 0 atom stereocenters. The van der Waals surface area contributed by atoms with E-state index in [2.05, 4.69) is 10.4 Å². The summed E-state index contributed by atoms with van der Waals surface area (Å²) in [7, 11) is 0. The van der Waals surface area contributed by atoms with E-state index in [1.807, 2.05) is 0 Å². The van der Waals surface area contributed by atoms with Gasteiger partial charge in [-0.25, -0.2) is 4.39 Å². The third kappa shape index (κ3) is 5.41. The zero-order chi connectivity index (χ0) is 27.7. The minimum atomic E-state index is -0.643. The van der Waals surface area contributed by atoms with Crippen LogP contribution in [-0.2, 0) is 16.1 Å². The number of aliphatic hydroxyl groups is 1. The summed E-state index contributed by atoms with van der Waals surface area (Å²) in [5.41, 5.74) is 1.57. The van der Waals surface area contributed by atoms with Crippen LogP contribution < -0.4 is 5.32 Å². The van der Waals surface area contributed by atoms with E-state index in [0.29, 0.717) is 34.3 Å². The van der Waals surface area contributed by atoms with Crippen molar-refractivity contribution in [1.29, 1.82) is 0 Å². The van der Waals surface area contributed by atoms with Crippen LogP contribution >= 0.6 is 11.6 Å². The summed E-state index contributed by atoms with van der Waals surface area (Å²) >= 11 is 6.24. The van der Waals surface area contributed by atoms with Gasteiger partial charge in [-0.2, -0.15) is 5.10 Å². The number of aliphatic hydroxyl groups excluding tert-OH is 1. The molecule has 10 heteroatoms. The summed E-state index contributed by atoms with van der Waals surface area (Å²) in [6, 6.07) is 18.2. The summed E-state index contributed by atoms with van der Waals surface area (Å²) in [4.78, 5) is 39.9. The molecule has 0 spiro atoms. The fourth-order valence-corrected chi connectivity index (χ4v) is 5.06. The number of amides is 2. The highest BCUT2D eigenvalue weighted by molar-refractivity contribution is 6.33. The quantitative estimate of drug-likeness (QED) is 0.311. The number of carbonyl (C=O) groups excluding carboxylic acids is 3. The second-order valence-electron chi connectivity index (χ2n) is 9.58. The smallest absolute Gasteiger partial charge is 0.245 e. The first-order valence-electron chi connectivity index (χ1n) is 12.5. The van der Waals surface area contributed by atoms with E-state index in [1.165, 1.54) is 22.6 Å². The number of nitrogens with zero attached hydrogens (tertiary/aromatic N) is 3. The van der Waals surface area contributed by atoms with Crippen molar-refractivity contribution in [3.05, 3.63) is 83.3 Å². The molecule has 0 aliphatic heterocycles. The second kappa shape index (κ2) is 11.0. The Bertz CT molecular complexity index is 1580. The molecule has 0 saturated heterocycles. The molecule has 1 aliphatic rings. The zero-order valence-electron chi connectivity index (χ0n) is 21.1. The highest BCUT2D eigenvalue weighted by atomic mass is 35.5. The Balaban J connectivity index is 1.36. The van der Waals surface area contributed by atoms with Crippen molar-refractivity contribution in [3.63, 3.8) is 0 Å². The van der Waals surface area contributed by atoms with Gasteiger partial charge in [-0.05, 0) is 31.0 Å². The standard InChI is InChI=1S/C29H26ClFN4O4/c1-17(36)29-22-8-3-5-12-25(22)35(33-29)16-27(39)34(18-13-19(37)14-18)15-26(38)32-24-11-6-9-21(28(24)31)20-7-2-4-10-23(20)30/h2-12,18-19,37H,13-16H2,1H3,(H,32,38)/t18-,19-. The minimum Gasteiger partial charge on any atom is -0.393 e. The van der Waals surface area contributed by atoms with Crippen molar-refractivity contribution >= 4 is 45.8 Å². The lowest BCUT2D eigenvalue weighted by molar-refractivity contribution is -0.142. The molecule has 2 N–H and O–H groups in total. The van der Waals surface area contributed by atoms with E-state index in [1.54, 1.807) is 60.7 Å². The number of ketones is 1. The molecule has 0 bridgehead atoms. The molecular weight excluding hydrogens is 523 g/mol. The molecule has 0 radical (unpaired) electrons. The SMILES string of the molecule is CC(=O)c1nn(CC(=O)N(CC(=O)Nc2cccc(-c3ccccc3Cl)c2F)[C@H]2C[C@H](O)C2)c2ccccc12. The number of nitrogens with one attached hydrogen (secondary N) is 1. The van der Waals surface area contributed by atoms with Crippen molar-refractivity contribution in [2.24, 2.45) is 0 Å². The van der Waals surface area contributed by atoms with Gasteiger partial charge in [-0.15, -0.1) is 0 Å². The van der Waals surface area contributed by atoms with Crippen LogP contribution in [-0.4, -0.2) is 56.1 Å². The summed E-state index contributed by atoms with van der Waals surface area (Å²) in [5, 5.41) is 17.8. The molecule has 1 heterocycles. The van der Waals surface area contributed by atoms with E-state index in [9.17, 15) is 19.5 Å². The van der Waals surface area contributed by atoms with Crippen molar-refractivity contribution in [2.75, 3.05) is 11.9 Å². The molecule has 39 heavy (non-hydrogen) atoms. The fraction of sp³-hybridized carbons (Fsp3) is 0.241. The molecule has 4 aromatic rings. The molecule has 2 amide bonds. The third-order valence-corrected chi connectivity index (χ3v) is 7.21. The van der Waals surface area contributed by atoms with Gasteiger partial charge in [-0.3, -0.25) is 19.1 Å². The Morgan fingerprint density at radius 3 is 2.46 bits per heavy atom. The van der Waals surface area contributed by atoms with E-state index in [0.717, 1.165) is 0 Å². The second-order valence-corrected chi connectivity index (χ2v) is 9.98. The van der Waals surface area contributed by atoms with Crippen molar-refractivity contribution in [2.45, 2.75) is 38.5 Å². The van der Waals surface area contributed by atoms with Gasteiger partial charge in [0.2, 0.25) is 11.8 Å². The van der Waals surface area contributed by atoms with Crippen LogP contribution in [0.15, 0.2) is 66.7 Å². The number of fused-ring (bicyclic) bond motifs is 1. The van der Waals surface area contributed by atoms with E-state index < -0.39 is 23.7 Å². The van der Waals surface area contributed by atoms with E-state index >= 15 is 4.39 Å². The summed E-state index contributed by atoms with van der Waals surface area (Å²) in [6.07, 6.45) is 0.0925. The van der Waals surface area contributed by atoms with Crippen LogP contribution in [0.4, 0.5) is 10.1 Å². The maximum Gasteiger partial charge on any atom is 0.245 e. The molecule has 5 rings (SSSR count). The predicted molar refractivity (Wildman–Crippen MR) is 146 cm³/mol. The molecule has 200 valence electrons. The summed E-state index contributed by atoms with van der Waals surface area (Å²) in [5.74, 6) is -1.86. The fourth-order valence-electron chi connectivity index (χ4n) is 4.82. The number of para-hydroxylation sites is 1. The largest absolute Gasteiger partial charge is 0.393 e. The number of aromatic nitrogens is 2. The lowest BCUT2D eigenvalue weighted by Gasteiger charge is -2.40. The molecule has 1 fully saturated rings. The topological polar surface area (TPSA) is 105 Å². The number of hydrogen-bond donors (Lipinski definition) is 2. The molecule has 3 aromatic carbocycles. The Hall–Kier alpha value is -4.08. The van der Waals surface area contributed by atoms with Gasteiger partial charge < -0.3 is 15.3 Å². The van der Waals surface area contributed by atoms with Gasteiger partial charge in [-0.1, -0.05) is 60.1 Å². The molecule has 1 saturated carbocycles. The average molecular weight is 549 g/mol. The minimum absolute atomic E-state index is 0.0392. The predicted octanol–water partition coefficient (Wildman–Crippen LogP) is 4.69. The zero-order valence-corrected chi connectivity index (χ0v) is 21.9. The number of Topliss-reactive ketones (excluding diaryl/α,β-unsaturated/α-hetero) is 1.